The van der Waals surface area contributed by atoms with Gasteiger partial charge in [-0.3, -0.25) is 24.0 Å². The zero-order valence-electron chi connectivity index (χ0n) is 26.8. The smallest absolute Gasteiger partial charge is 0.325 e. The van der Waals surface area contributed by atoms with E-state index in [9.17, 15) is 24.0 Å². The molecule has 2 atom stereocenters. The van der Waals surface area contributed by atoms with Gasteiger partial charge in [-0.25, -0.2) is 0 Å². The van der Waals surface area contributed by atoms with Crippen molar-refractivity contribution in [2.75, 3.05) is 31.7 Å². The maximum absolute atomic E-state index is 13.5. The average molecular weight is 681 g/mol. The third-order valence-electron chi connectivity index (χ3n) is 7.29. The highest BCUT2D eigenvalue weighted by Crippen LogP contribution is 2.55. The molecule has 0 saturated heterocycles. The van der Waals surface area contributed by atoms with E-state index in [0.29, 0.717) is 6.16 Å². The maximum atomic E-state index is 13.5. The number of rotatable bonds is 18. The summed E-state index contributed by atoms with van der Waals surface area (Å²) in [6, 6.07) is 28.5. The number of carbonyl (C=O) groups excluding carboxylic acids is 5. The first kappa shape index (κ1) is 37.4. The normalized spacial score (nSPS) is 12.3. The molecule has 4 N–H and O–H groups in total. The van der Waals surface area contributed by atoms with Crippen molar-refractivity contribution in [2.45, 2.75) is 45.2 Å². The van der Waals surface area contributed by atoms with E-state index in [0.717, 1.165) is 27.7 Å². The highest BCUT2D eigenvalue weighted by molar-refractivity contribution is 8.13. The summed E-state index contributed by atoms with van der Waals surface area (Å²) in [5, 5.41) is 8.42. The molecule has 3 aromatic carbocycles. The molecule has 0 spiro atoms. The van der Waals surface area contributed by atoms with Crippen LogP contribution in [-0.4, -0.2) is 72.6 Å². The van der Waals surface area contributed by atoms with E-state index in [-0.39, 0.29) is 49.9 Å². The molecule has 0 fully saturated rings. The van der Waals surface area contributed by atoms with Crippen LogP contribution in [0.1, 0.15) is 33.1 Å². The lowest BCUT2D eigenvalue weighted by molar-refractivity contribution is -0.145. The Hall–Kier alpha value is -4.05. The van der Waals surface area contributed by atoms with Crippen LogP contribution in [0.4, 0.5) is 0 Å². The molecule has 2 amide bonds. The standard InChI is InChI=1S/C35H42N3O7PS/c1-3-44-32(40)24-37-34(42)30(38-31(39)21-20-29(36)35(43)45-4-2)25-47-33(41)22-23-46(26-14-8-5-9-15-26,27-16-10-6-11-17-27)28-18-12-7-13-19-28/h5-19,29-30H,3-4,20-25,36H2,1-2H3,(H-,37,38,39,42)/p+1. The van der Waals surface area contributed by atoms with Crippen molar-refractivity contribution in [2.24, 2.45) is 5.73 Å². The second-order valence-electron chi connectivity index (χ2n) is 10.5. The maximum Gasteiger partial charge on any atom is 0.325 e. The third kappa shape index (κ3) is 11.3. The Labute approximate surface area is 280 Å². The lowest BCUT2D eigenvalue weighted by Crippen LogP contribution is -2.49. The molecule has 10 nitrogen and oxygen atoms in total. The van der Waals surface area contributed by atoms with Gasteiger partial charge in [-0.2, -0.15) is 0 Å². The van der Waals surface area contributed by atoms with Crippen LogP contribution in [0.5, 0.6) is 0 Å². The monoisotopic (exact) mass is 680 g/mol. The van der Waals surface area contributed by atoms with Crippen LogP contribution >= 0.6 is 19.0 Å². The van der Waals surface area contributed by atoms with E-state index >= 15 is 0 Å². The van der Waals surface area contributed by atoms with Crippen LogP contribution in [0.2, 0.25) is 0 Å². The van der Waals surface area contributed by atoms with Crippen LogP contribution in [0.15, 0.2) is 91.0 Å². The minimum atomic E-state index is -2.24. The molecule has 2 unspecified atom stereocenters. The van der Waals surface area contributed by atoms with E-state index in [2.05, 4.69) is 47.0 Å². The number of carbonyl (C=O) groups is 5. The fourth-order valence-corrected chi connectivity index (χ4v) is 10.2. The summed E-state index contributed by atoms with van der Waals surface area (Å²) < 4.78 is 9.76. The molecular weight excluding hydrogens is 637 g/mol. The third-order valence-corrected chi connectivity index (χ3v) is 12.7. The highest BCUT2D eigenvalue weighted by atomic mass is 32.2. The number of thioether (sulfide) groups is 1. The molecule has 0 radical (unpaired) electrons. The Balaban J connectivity index is 1.76. The Morgan fingerprint density at radius 1 is 0.766 bits per heavy atom. The molecule has 0 aliphatic carbocycles. The van der Waals surface area contributed by atoms with Gasteiger partial charge in [0.15, 0.2) is 5.12 Å². The number of nitrogens with one attached hydrogen (secondary N) is 2. The fraction of sp³-hybridized carbons (Fsp3) is 0.343. The van der Waals surface area contributed by atoms with Crippen LogP contribution in [0.25, 0.3) is 0 Å². The molecule has 3 aromatic rings. The number of ether oxygens (including phenoxy) is 2. The van der Waals surface area contributed by atoms with Crippen LogP contribution in [0.3, 0.4) is 0 Å². The molecule has 0 bridgehead atoms. The van der Waals surface area contributed by atoms with Crippen molar-refractivity contribution in [1.82, 2.24) is 10.6 Å². The van der Waals surface area contributed by atoms with Gasteiger partial charge in [-0.15, -0.1) is 0 Å². The number of hydrogen-bond acceptors (Lipinski definition) is 9. The summed E-state index contributed by atoms with van der Waals surface area (Å²) in [7, 11) is -2.24. The van der Waals surface area contributed by atoms with E-state index in [4.69, 9.17) is 15.2 Å². The van der Waals surface area contributed by atoms with Crippen LogP contribution < -0.4 is 32.3 Å². The Kier molecular flexibility index (Phi) is 15.6. The molecular formula is C35H43N3O7PS+. The molecule has 3 rings (SSSR count). The predicted molar refractivity (Wildman–Crippen MR) is 188 cm³/mol. The zero-order valence-corrected chi connectivity index (χ0v) is 28.5. The summed E-state index contributed by atoms with van der Waals surface area (Å²) in [5.74, 6) is -2.47. The van der Waals surface area contributed by atoms with Gasteiger partial charge in [0.1, 0.15) is 41.8 Å². The van der Waals surface area contributed by atoms with E-state index in [1.807, 2.05) is 54.6 Å². The second kappa shape index (κ2) is 19.6. The molecule has 0 heterocycles. The zero-order chi connectivity index (χ0) is 34.1. The van der Waals surface area contributed by atoms with Gasteiger partial charge >= 0.3 is 11.9 Å². The van der Waals surface area contributed by atoms with Crippen LogP contribution in [0, 0.1) is 0 Å². The molecule has 250 valence electrons. The van der Waals surface area contributed by atoms with Crippen molar-refractivity contribution in [3.8, 4) is 0 Å². The SMILES string of the molecule is CCOC(=O)CNC(=O)C(CSC(=O)CC[P+](c1ccccc1)(c1ccccc1)c1ccccc1)NC(=O)CCC(N)C(=O)OCC. The predicted octanol–water partition coefficient (Wildman–Crippen LogP) is 2.47. The quantitative estimate of drug-likeness (QED) is 0.136. The van der Waals surface area contributed by atoms with Gasteiger partial charge in [0.25, 0.3) is 0 Å². The summed E-state index contributed by atoms with van der Waals surface area (Å²) >= 11 is 0.950. The molecule has 0 saturated carbocycles. The summed E-state index contributed by atoms with van der Waals surface area (Å²) in [6.07, 6.45) is 0.655. The van der Waals surface area contributed by atoms with Gasteiger partial charge in [-0.1, -0.05) is 66.4 Å². The minimum absolute atomic E-state index is 0.0121. The summed E-state index contributed by atoms with van der Waals surface area (Å²) in [5.41, 5.74) is 5.81. The fourth-order valence-electron chi connectivity index (χ4n) is 4.99. The highest BCUT2D eigenvalue weighted by Gasteiger charge is 2.45. The lowest BCUT2D eigenvalue weighted by Gasteiger charge is -2.27. The van der Waals surface area contributed by atoms with E-state index in [1.54, 1.807) is 13.8 Å². The number of hydrogen-bond donors (Lipinski definition) is 3. The van der Waals surface area contributed by atoms with Crippen molar-refractivity contribution < 1.29 is 33.4 Å². The van der Waals surface area contributed by atoms with E-state index < -0.39 is 43.1 Å². The second-order valence-corrected chi connectivity index (χ2v) is 15.2. The first-order chi connectivity index (χ1) is 22.7. The summed E-state index contributed by atoms with van der Waals surface area (Å²) in [4.78, 5) is 63.0. The number of nitrogens with two attached hydrogens (primary N) is 1. The van der Waals surface area contributed by atoms with Gasteiger partial charge in [0, 0.05) is 12.2 Å². The van der Waals surface area contributed by atoms with Crippen molar-refractivity contribution >= 4 is 63.8 Å². The van der Waals surface area contributed by atoms with Gasteiger partial charge < -0.3 is 25.8 Å². The summed E-state index contributed by atoms with van der Waals surface area (Å²) in [6.45, 7) is 3.24. The lowest BCUT2D eigenvalue weighted by atomic mass is 10.1. The topological polar surface area (TPSA) is 154 Å². The van der Waals surface area contributed by atoms with Crippen LogP contribution in [-0.2, 0) is 33.4 Å². The van der Waals surface area contributed by atoms with Crippen molar-refractivity contribution in [3.63, 3.8) is 0 Å². The number of benzene rings is 3. The largest absolute Gasteiger partial charge is 0.465 e. The first-order valence-corrected chi connectivity index (χ1v) is 18.5. The van der Waals surface area contributed by atoms with Crippen molar-refractivity contribution in [3.05, 3.63) is 91.0 Å². The number of esters is 2. The van der Waals surface area contributed by atoms with Crippen molar-refractivity contribution in [1.29, 1.82) is 0 Å². The molecule has 0 aliphatic rings. The molecule has 12 heteroatoms. The minimum Gasteiger partial charge on any atom is -0.465 e. The molecule has 47 heavy (non-hydrogen) atoms. The first-order valence-electron chi connectivity index (χ1n) is 15.6. The number of amides is 2. The Morgan fingerprint density at radius 2 is 1.28 bits per heavy atom. The average Bonchev–Trinajstić information content (AvgIpc) is 3.09. The Morgan fingerprint density at radius 3 is 1.77 bits per heavy atom. The molecule has 0 aliphatic heterocycles. The van der Waals surface area contributed by atoms with Gasteiger partial charge in [0.05, 0.1) is 25.8 Å². The Bertz CT molecular complexity index is 1370. The molecule has 0 aromatic heterocycles. The van der Waals surface area contributed by atoms with E-state index in [1.165, 1.54) is 0 Å². The van der Waals surface area contributed by atoms with Gasteiger partial charge in [-0.05, 0) is 56.7 Å². The van der Waals surface area contributed by atoms with Gasteiger partial charge in [0.2, 0.25) is 11.8 Å².